The standard InChI is InChI=1S/C12H10O4.C8H10O2/c13-12(14)11-4-3-9-5-8(7-16-15)1-2-10(9)6-11;1-7-2-4-8(5-3-7)6-10-9/h1-6,15H,7H2,(H,13,14);2-5,9H,6H2,1H3. The van der Waals surface area contributed by atoms with Gasteiger partial charge < -0.3 is 5.11 Å². The quantitative estimate of drug-likeness (QED) is 0.460. The average molecular weight is 356 g/mol. The van der Waals surface area contributed by atoms with Crippen molar-refractivity contribution >= 4 is 16.7 Å². The van der Waals surface area contributed by atoms with E-state index in [0.717, 1.165) is 21.9 Å². The summed E-state index contributed by atoms with van der Waals surface area (Å²) in [7, 11) is 0. The molecule has 3 aromatic carbocycles. The monoisotopic (exact) mass is 356 g/mol. The summed E-state index contributed by atoms with van der Waals surface area (Å²) in [4.78, 5) is 18.8. The number of rotatable bonds is 5. The highest BCUT2D eigenvalue weighted by atomic mass is 17.1. The predicted molar refractivity (Wildman–Crippen MR) is 96.9 cm³/mol. The molecule has 3 aromatic rings. The Labute approximate surface area is 150 Å². The van der Waals surface area contributed by atoms with Crippen molar-refractivity contribution in [2.45, 2.75) is 20.1 Å². The predicted octanol–water partition coefficient (Wildman–Crippen LogP) is 4.51. The molecule has 0 aromatic heterocycles. The highest BCUT2D eigenvalue weighted by Gasteiger charge is 2.04. The maximum atomic E-state index is 10.8. The van der Waals surface area contributed by atoms with Gasteiger partial charge >= 0.3 is 5.97 Å². The lowest BCUT2D eigenvalue weighted by atomic mass is 10.0. The summed E-state index contributed by atoms with van der Waals surface area (Å²) in [5.74, 6) is -0.940. The van der Waals surface area contributed by atoms with Crippen LogP contribution < -0.4 is 0 Å². The van der Waals surface area contributed by atoms with Gasteiger partial charge in [0.25, 0.3) is 0 Å². The topological polar surface area (TPSA) is 96.2 Å². The van der Waals surface area contributed by atoms with E-state index in [9.17, 15) is 4.79 Å². The number of hydrogen-bond donors (Lipinski definition) is 3. The molecule has 0 spiro atoms. The molecule has 0 saturated heterocycles. The van der Waals surface area contributed by atoms with E-state index in [2.05, 4.69) is 9.78 Å². The number of aromatic carboxylic acids is 1. The first-order chi connectivity index (χ1) is 12.5. The molecule has 6 nitrogen and oxygen atoms in total. The van der Waals surface area contributed by atoms with Crippen LogP contribution in [0.1, 0.15) is 27.0 Å². The summed E-state index contributed by atoms with van der Waals surface area (Å²) in [6.45, 7) is 2.40. The van der Waals surface area contributed by atoms with Crippen LogP contribution in [0.4, 0.5) is 0 Å². The fourth-order valence-electron chi connectivity index (χ4n) is 2.35. The lowest BCUT2D eigenvalue weighted by molar-refractivity contribution is -0.253. The fourth-order valence-corrected chi connectivity index (χ4v) is 2.35. The summed E-state index contributed by atoms with van der Waals surface area (Å²) < 4.78 is 0. The molecule has 3 rings (SSSR count). The number of benzene rings is 3. The van der Waals surface area contributed by atoms with Crippen LogP contribution in [0.2, 0.25) is 0 Å². The first-order valence-electron chi connectivity index (χ1n) is 7.87. The molecule has 0 atom stereocenters. The molecule has 26 heavy (non-hydrogen) atoms. The van der Waals surface area contributed by atoms with E-state index in [1.54, 1.807) is 30.3 Å². The molecule has 0 saturated carbocycles. The van der Waals surface area contributed by atoms with Crippen molar-refractivity contribution in [1.82, 2.24) is 0 Å². The van der Waals surface area contributed by atoms with Gasteiger partial charge in [-0.15, -0.1) is 0 Å². The van der Waals surface area contributed by atoms with Gasteiger partial charge in [0, 0.05) is 0 Å². The van der Waals surface area contributed by atoms with Crippen molar-refractivity contribution in [3.05, 3.63) is 82.9 Å². The number of hydrogen-bond acceptors (Lipinski definition) is 5. The van der Waals surface area contributed by atoms with Gasteiger partial charge in [0.1, 0.15) is 13.2 Å². The normalized spacial score (nSPS) is 10.3. The van der Waals surface area contributed by atoms with E-state index in [1.807, 2.05) is 37.3 Å². The summed E-state index contributed by atoms with van der Waals surface area (Å²) in [6, 6.07) is 18.1. The molecule has 0 amide bonds. The minimum absolute atomic E-state index is 0.122. The van der Waals surface area contributed by atoms with Crippen LogP contribution in [0.5, 0.6) is 0 Å². The van der Waals surface area contributed by atoms with Crippen molar-refractivity contribution in [3.63, 3.8) is 0 Å². The largest absolute Gasteiger partial charge is 0.478 e. The van der Waals surface area contributed by atoms with Crippen molar-refractivity contribution in [2.24, 2.45) is 0 Å². The summed E-state index contributed by atoms with van der Waals surface area (Å²) >= 11 is 0. The Hall–Kier alpha value is -2.77. The van der Waals surface area contributed by atoms with Crippen molar-refractivity contribution in [3.8, 4) is 0 Å². The van der Waals surface area contributed by atoms with Gasteiger partial charge in [-0.3, -0.25) is 10.5 Å². The molecule has 0 unspecified atom stereocenters. The van der Waals surface area contributed by atoms with Crippen LogP contribution in [0.15, 0.2) is 60.7 Å². The zero-order valence-corrected chi connectivity index (χ0v) is 14.3. The maximum Gasteiger partial charge on any atom is 0.335 e. The van der Waals surface area contributed by atoms with Crippen molar-refractivity contribution < 1.29 is 30.2 Å². The molecule has 0 heterocycles. The minimum atomic E-state index is -0.940. The van der Waals surface area contributed by atoms with E-state index in [-0.39, 0.29) is 18.8 Å². The van der Waals surface area contributed by atoms with Gasteiger partial charge in [-0.2, -0.15) is 0 Å². The Morgan fingerprint density at radius 2 is 1.35 bits per heavy atom. The highest BCUT2D eigenvalue weighted by molar-refractivity contribution is 5.94. The Bertz CT molecular complexity index is 858. The first kappa shape index (κ1) is 19.6. The van der Waals surface area contributed by atoms with Crippen LogP contribution in [0.25, 0.3) is 10.8 Å². The van der Waals surface area contributed by atoms with Crippen LogP contribution in [0.3, 0.4) is 0 Å². The molecule has 0 aliphatic rings. The van der Waals surface area contributed by atoms with Crippen LogP contribution in [-0.2, 0) is 23.0 Å². The molecule has 6 heteroatoms. The third-order valence-electron chi connectivity index (χ3n) is 3.73. The molecule has 0 aliphatic heterocycles. The van der Waals surface area contributed by atoms with Gasteiger partial charge in [-0.25, -0.2) is 14.6 Å². The maximum absolute atomic E-state index is 10.8. The zero-order valence-electron chi connectivity index (χ0n) is 14.3. The van der Waals surface area contributed by atoms with Crippen molar-refractivity contribution in [1.29, 1.82) is 0 Å². The van der Waals surface area contributed by atoms with Crippen molar-refractivity contribution in [2.75, 3.05) is 0 Å². The van der Waals surface area contributed by atoms with Gasteiger partial charge in [-0.1, -0.05) is 48.0 Å². The van der Waals surface area contributed by atoms with E-state index in [1.165, 1.54) is 5.56 Å². The van der Waals surface area contributed by atoms with Gasteiger partial charge in [0.2, 0.25) is 0 Å². The lowest BCUT2D eigenvalue weighted by Crippen LogP contribution is -1.95. The third kappa shape index (κ3) is 5.65. The summed E-state index contributed by atoms with van der Waals surface area (Å²) in [5.41, 5.74) is 3.28. The number of fused-ring (bicyclic) bond motifs is 1. The smallest absolute Gasteiger partial charge is 0.335 e. The Balaban J connectivity index is 0.000000209. The Kier molecular flexibility index (Phi) is 7.25. The van der Waals surface area contributed by atoms with E-state index < -0.39 is 5.97 Å². The highest BCUT2D eigenvalue weighted by Crippen LogP contribution is 2.18. The summed E-state index contributed by atoms with van der Waals surface area (Å²) in [5, 5.41) is 27.0. The van der Waals surface area contributed by atoms with Gasteiger partial charge in [-0.05, 0) is 47.0 Å². The fraction of sp³-hybridized carbons (Fsp3) is 0.150. The minimum Gasteiger partial charge on any atom is -0.478 e. The first-order valence-corrected chi connectivity index (χ1v) is 7.87. The second-order valence-electron chi connectivity index (χ2n) is 5.73. The molecule has 136 valence electrons. The number of aryl methyl sites for hydroxylation is 1. The molecule has 0 radical (unpaired) electrons. The van der Waals surface area contributed by atoms with Crippen LogP contribution >= 0.6 is 0 Å². The average Bonchev–Trinajstić information content (AvgIpc) is 2.64. The molecule has 0 bridgehead atoms. The molecular weight excluding hydrogens is 336 g/mol. The van der Waals surface area contributed by atoms with E-state index in [4.69, 9.17) is 15.6 Å². The number of carboxylic acid groups (broad SMARTS) is 1. The molecule has 3 N–H and O–H groups in total. The second kappa shape index (κ2) is 9.65. The van der Waals surface area contributed by atoms with Crippen LogP contribution in [-0.4, -0.2) is 21.6 Å². The zero-order chi connectivity index (χ0) is 18.9. The molecular formula is C20H20O6. The molecule has 0 fully saturated rings. The van der Waals surface area contributed by atoms with Gasteiger partial charge in [0.15, 0.2) is 0 Å². The number of carbonyl (C=O) groups is 1. The number of carboxylic acids is 1. The lowest BCUT2D eigenvalue weighted by Gasteiger charge is -2.03. The second-order valence-corrected chi connectivity index (χ2v) is 5.73. The SMILES string of the molecule is Cc1ccc(COO)cc1.O=C(O)c1ccc2cc(COO)ccc2c1. The third-order valence-corrected chi connectivity index (χ3v) is 3.73. The van der Waals surface area contributed by atoms with E-state index >= 15 is 0 Å². The Morgan fingerprint density at radius 1 is 0.808 bits per heavy atom. The van der Waals surface area contributed by atoms with E-state index in [0.29, 0.717) is 0 Å². The Morgan fingerprint density at radius 3 is 1.96 bits per heavy atom. The van der Waals surface area contributed by atoms with Gasteiger partial charge in [0.05, 0.1) is 5.56 Å². The molecule has 0 aliphatic carbocycles. The van der Waals surface area contributed by atoms with Crippen LogP contribution in [0, 0.1) is 6.92 Å². The summed E-state index contributed by atoms with van der Waals surface area (Å²) in [6.07, 6.45) is 0.